The minimum Gasteiger partial charge on any atom is -0.493 e. The van der Waals surface area contributed by atoms with E-state index in [1.54, 1.807) is 0 Å². The second-order valence-corrected chi connectivity index (χ2v) is 7.64. The Bertz CT molecular complexity index is 674. The van der Waals surface area contributed by atoms with E-state index in [0.717, 1.165) is 54.9 Å². The molecular formula is C21H27ClO4. The van der Waals surface area contributed by atoms with Crippen LogP contribution < -0.4 is 4.74 Å². The van der Waals surface area contributed by atoms with Gasteiger partial charge >= 0.3 is 0 Å². The second kappa shape index (κ2) is 8.45. The molecule has 2 aliphatic rings. The van der Waals surface area contributed by atoms with Crippen LogP contribution in [0.1, 0.15) is 50.2 Å². The average Bonchev–Trinajstić information content (AvgIpc) is 2.62. The smallest absolute Gasteiger partial charge is 0.207 e. The first-order chi connectivity index (χ1) is 12.5. The summed E-state index contributed by atoms with van der Waals surface area (Å²) < 4.78 is 17.6. The van der Waals surface area contributed by atoms with Crippen molar-refractivity contribution in [1.82, 2.24) is 0 Å². The van der Waals surface area contributed by atoms with Gasteiger partial charge in [0.2, 0.25) is 11.5 Å². The van der Waals surface area contributed by atoms with Crippen LogP contribution in [0.3, 0.4) is 0 Å². The van der Waals surface area contributed by atoms with E-state index in [1.165, 1.54) is 6.26 Å². The SMILES string of the molecule is CCCCOC1CCC2C(=O)C(Oc3cc(C)c(Cl)c(C)c3)=COC2C1. The van der Waals surface area contributed by atoms with E-state index in [4.69, 9.17) is 25.8 Å². The van der Waals surface area contributed by atoms with Crippen LogP contribution in [0.5, 0.6) is 5.75 Å². The third kappa shape index (κ3) is 4.24. The van der Waals surface area contributed by atoms with Crippen molar-refractivity contribution in [2.75, 3.05) is 6.61 Å². The maximum absolute atomic E-state index is 12.8. The van der Waals surface area contributed by atoms with E-state index in [-0.39, 0.29) is 29.7 Å². The molecule has 3 unspecified atom stereocenters. The van der Waals surface area contributed by atoms with Crippen LogP contribution >= 0.6 is 11.6 Å². The van der Waals surface area contributed by atoms with Crippen molar-refractivity contribution < 1.29 is 19.0 Å². The number of rotatable bonds is 6. The Labute approximate surface area is 160 Å². The van der Waals surface area contributed by atoms with Gasteiger partial charge in [0.25, 0.3) is 0 Å². The van der Waals surface area contributed by atoms with Crippen LogP contribution in [0.4, 0.5) is 0 Å². The van der Waals surface area contributed by atoms with Gasteiger partial charge in [-0.1, -0.05) is 24.9 Å². The number of allylic oxidation sites excluding steroid dienone is 1. The third-order valence-electron chi connectivity index (χ3n) is 5.16. The molecule has 0 amide bonds. The Balaban J connectivity index is 1.65. The number of ketones is 1. The summed E-state index contributed by atoms with van der Waals surface area (Å²) in [5, 5.41) is 0.721. The summed E-state index contributed by atoms with van der Waals surface area (Å²) in [6, 6.07) is 3.68. The largest absolute Gasteiger partial charge is 0.493 e. The van der Waals surface area contributed by atoms with Gasteiger partial charge in [-0.25, -0.2) is 0 Å². The van der Waals surface area contributed by atoms with E-state index in [2.05, 4.69) is 6.92 Å². The van der Waals surface area contributed by atoms with Gasteiger partial charge < -0.3 is 14.2 Å². The number of fused-ring (bicyclic) bond motifs is 1. The van der Waals surface area contributed by atoms with Gasteiger partial charge in [0.05, 0.1) is 12.0 Å². The maximum atomic E-state index is 12.8. The predicted octanol–water partition coefficient (Wildman–Crippen LogP) is 5.13. The van der Waals surface area contributed by atoms with Gasteiger partial charge in [0.1, 0.15) is 18.1 Å². The van der Waals surface area contributed by atoms with Crippen molar-refractivity contribution in [2.24, 2.45) is 5.92 Å². The predicted molar refractivity (Wildman–Crippen MR) is 102 cm³/mol. The van der Waals surface area contributed by atoms with E-state index in [1.807, 2.05) is 26.0 Å². The fourth-order valence-electron chi connectivity index (χ4n) is 3.65. The topological polar surface area (TPSA) is 44.8 Å². The number of Topliss-reactive ketones (excluding diaryl/α,β-unsaturated/α-hetero) is 1. The number of halogens is 1. The molecule has 142 valence electrons. The minimum absolute atomic E-state index is 0.0264. The molecule has 3 atom stereocenters. The molecule has 1 fully saturated rings. The molecule has 3 rings (SSSR count). The van der Waals surface area contributed by atoms with Crippen molar-refractivity contribution in [3.63, 3.8) is 0 Å². The Kier molecular flexibility index (Phi) is 6.25. The van der Waals surface area contributed by atoms with Crippen molar-refractivity contribution in [2.45, 2.75) is 65.1 Å². The van der Waals surface area contributed by atoms with Crippen molar-refractivity contribution in [3.05, 3.63) is 40.3 Å². The van der Waals surface area contributed by atoms with E-state index in [9.17, 15) is 4.79 Å². The molecule has 1 saturated carbocycles. The summed E-state index contributed by atoms with van der Waals surface area (Å²) in [7, 11) is 0. The highest BCUT2D eigenvalue weighted by Gasteiger charge is 2.41. The first-order valence-corrected chi connectivity index (χ1v) is 9.83. The number of carbonyl (C=O) groups excluding carboxylic acids is 1. The van der Waals surface area contributed by atoms with Crippen molar-refractivity contribution >= 4 is 17.4 Å². The van der Waals surface area contributed by atoms with E-state index < -0.39 is 0 Å². The second-order valence-electron chi connectivity index (χ2n) is 7.26. The fourth-order valence-corrected chi connectivity index (χ4v) is 3.75. The zero-order chi connectivity index (χ0) is 18.7. The summed E-state index contributed by atoms with van der Waals surface area (Å²) in [6.45, 7) is 6.78. The highest BCUT2D eigenvalue weighted by Crippen LogP contribution is 2.36. The number of unbranched alkanes of at least 4 members (excludes halogenated alkanes) is 1. The standard InChI is InChI=1S/C21H27ClO4/c1-4-5-8-24-15-6-7-17-18(11-15)25-12-19(21(17)23)26-16-9-13(2)20(22)14(3)10-16/h9-10,12,15,17-18H,4-8,11H2,1-3H3. The minimum atomic E-state index is -0.143. The van der Waals surface area contributed by atoms with Crippen LogP contribution in [-0.4, -0.2) is 24.6 Å². The van der Waals surface area contributed by atoms with E-state index >= 15 is 0 Å². The van der Waals surface area contributed by atoms with Gasteiger partial charge in [-0.2, -0.15) is 0 Å². The highest BCUT2D eigenvalue weighted by molar-refractivity contribution is 6.32. The summed E-state index contributed by atoms with van der Waals surface area (Å²) >= 11 is 6.20. The Morgan fingerprint density at radius 1 is 1.23 bits per heavy atom. The van der Waals surface area contributed by atoms with Crippen LogP contribution in [0.25, 0.3) is 0 Å². The van der Waals surface area contributed by atoms with Gasteiger partial charge in [0, 0.05) is 18.1 Å². The quantitative estimate of drug-likeness (QED) is 0.643. The molecule has 0 aromatic heterocycles. The molecule has 4 nitrogen and oxygen atoms in total. The van der Waals surface area contributed by atoms with Crippen LogP contribution in [0, 0.1) is 19.8 Å². The number of hydrogen-bond donors (Lipinski definition) is 0. The molecule has 1 heterocycles. The number of hydrogen-bond acceptors (Lipinski definition) is 4. The van der Waals surface area contributed by atoms with Gasteiger partial charge in [0.15, 0.2) is 0 Å². The lowest BCUT2D eigenvalue weighted by molar-refractivity contribution is -0.133. The van der Waals surface area contributed by atoms with Crippen molar-refractivity contribution in [3.8, 4) is 5.75 Å². The summed E-state index contributed by atoms with van der Waals surface area (Å²) in [6.07, 6.45) is 6.19. The zero-order valence-electron chi connectivity index (χ0n) is 15.7. The molecule has 1 aromatic carbocycles. The number of carbonyl (C=O) groups is 1. The van der Waals surface area contributed by atoms with Crippen LogP contribution in [0.15, 0.2) is 24.2 Å². The lowest BCUT2D eigenvalue weighted by atomic mass is 9.80. The van der Waals surface area contributed by atoms with Gasteiger partial charge in [-0.15, -0.1) is 0 Å². The molecule has 5 heteroatoms. The first-order valence-electron chi connectivity index (χ1n) is 9.45. The molecule has 0 saturated heterocycles. The molecule has 0 bridgehead atoms. The lowest BCUT2D eigenvalue weighted by Gasteiger charge is -2.37. The Morgan fingerprint density at radius 2 is 1.96 bits per heavy atom. The Hall–Kier alpha value is -1.52. The lowest BCUT2D eigenvalue weighted by Crippen LogP contribution is -2.42. The maximum Gasteiger partial charge on any atom is 0.207 e. The molecule has 1 aromatic rings. The fraction of sp³-hybridized carbons (Fsp3) is 0.571. The number of ether oxygens (including phenoxy) is 3. The molecule has 1 aliphatic carbocycles. The molecule has 26 heavy (non-hydrogen) atoms. The molecule has 0 spiro atoms. The Morgan fingerprint density at radius 3 is 2.65 bits per heavy atom. The highest BCUT2D eigenvalue weighted by atomic mass is 35.5. The third-order valence-corrected chi connectivity index (χ3v) is 5.76. The normalized spacial score (nSPS) is 25.3. The average molecular weight is 379 g/mol. The summed E-state index contributed by atoms with van der Waals surface area (Å²) in [5.74, 6) is 0.773. The van der Waals surface area contributed by atoms with Gasteiger partial charge in [-0.3, -0.25) is 4.79 Å². The molecule has 1 aliphatic heterocycles. The molecule has 0 N–H and O–H groups in total. The van der Waals surface area contributed by atoms with Crippen molar-refractivity contribution in [1.29, 1.82) is 0 Å². The summed E-state index contributed by atoms with van der Waals surface area (Å²) in [5.41, 5.74) is 1.85. The van der Waals surface area contributed by atoms with Crippen LogP contribution in [-0.2, 0) is 14.3 Å². The molecular weight excluding hydrogens is 352 g/mol. The zero-order valence-corrected chi connectivity index (χ0v) is 16.5. The molecule has 0 radical (unpaired) electrons. The van der Waals surface area contributed by atoms with Crippen LogP contribution in [0.2, 0.25) is 5.02 Å². The first kappa shape index (κ1) is 19.2. The van der Waals surface area contributed by atoms with Gasteiger partial charge in [-0.05, 0) is 56.4 Å². The number of benzene rings is 1. The van der Waals surface area contributed by atoms with E-state index in [0.29, 0.717) is 5.75 Å². The summed E-state index contributed by atoms with van der Waals surface area (Å²) in [4.78, 5) is 12.8. The monoisotopic (exact) mass is 378 g/mol. The number of aryl methyl sites for hydroxylation is 2.